The van der Waals surface area contributed by atoms with Gasteiger partial charge in [-0.05, 0) is 32.6 Å². The summed E-state index contributed by atoms with van der Waals surface area (Å²) in [7, 11) is 0. The predicted molar refractivity (Wildman–Crippen MR) is 64.2 cm³/mol. The van der Waals surface area contributed by atoms with Crippen LogP contribution in [-0.2, 0) is 19.4 Å². The Morgan fingerprint density at radius 1 is 1.31 bits per heavy atom. The third-order valence-corrected chi connectivity index (χ3v) is 3.25. The van der Waals surface area contributed by atoms with Gasteiger partial charge in [0.2, 0.25) is 0 Å². The van der Waals surface area contributed by atoms with Crippen molar-refractivity contribution in [1.29, 1.82) is 0 Å². The number of hydrogen-bond donors (Lipinski definition) is 1. The highest BCUT2D eigenvalue weighted by Gasteiger charge is 2.14. The molecule has 2 heterocycles. The van der Waals surface area contributed by atoms with Crippen molar-refractivity contribution in [1.82, 2.24) is 14.8 Å². The van der Waals surface area contributed by atoms with Crippen LogP contribution < -0.4 is 5.73 Å². The first-order valence-corrected chi connectivity index (χ1v) is 6.44. The van der Waals surface area contributed by atoms with Crippen molar-refractivity contribution in [3.63, 3.8) is 0 Å². The van der Waals surface area contributed by atoms with Gasteiger partial charge in [0.15, 0.2) is 0 Å². The van der Waals surface area contributed by atoms with Gasteiger partial charge in [-0.3, -0.25) is 0 Å². The largest absolute Gasteiger partial charge is 0.328 e. The molecule has 0 amide bonds. The summed E-state index contributed by atoms with van der Waals surface area (Å²) in [4.78, 5) is 0. The van der Waals surface area contributed by atoms with Crippen LogP contribution in [0.3, 0.4) is 0 Å². The molecule has 1 aromatic rings. The summed E-state index contributed by atoms with van der Waals surface area (Å²) in [6.45, 7) is 3.17. The van der Waals surface area contributed by atoms with E-state index in [9.17, 15) is 0 Å². The Hall–Kier alpha value is -0.900. The maximum atomic E-state index is 5.75. The summed E-state index contributed by atoms with van der Waals surface area (Å²) in [5.74, 6) is 2.35. The molecule has 0 saturated carbocycles. The molecule has 0 bridgehead atoms. The molecule has 0 aromatic carbocycles. The van der Waals surface area contributed by atoms with Crippen molar-refractivity contribution in [2.75, 3.05) is 0 Å². The molecule has 1 unspecified atom stereocenters. The zero-order chi connectivity index (χ0) is 11.4. The molecule has 2 N–H and O–H groups in total. The van der Waals surface area contributed by atoms with E-state index in [1.165, 1.54) is 25.1 Å². The highest BCUT2D eigenvalue weighted by Crippen LogP contribution is 2.15. The second kappa shape index (κ2) is 5.43. The Bertz CT molecular complexity index is 330. The van der Waals surface area contributed by atoms with Crippen LogP contribution in [0.4, 0.5) is 0 Å². The van der Waals surface area contributed by atoms with Crippen molar-refractivity contribution < 1.29 is 0 Å². The van der Waals surface area contributed by atoms with Crippen LogP contribution in [0.15, 0.2) is 0 Å². The van der Waals surface area contributed by atoms with Crippen molar-refractivity contribution in [2.24, 2.45) is 5.73 Å². The van der Waals surface area contributed by atoms with Crippen molar-refractivity contribution in [3.8, 4) is 0 Å². The zero-order valence-electron chi connectivity index (χ0n) is 10.2. The Kier molecular flexibility index (Phi) is 3.93. The monoisotopic (exact) mass is 222 g/mol. The summed E-state index contributed by atoms with van der Waals surface area (Å²) in [5.41, 5.74) is 5.75. The normalized spacial score (nSPS) is 17.9. The van der Waals surface area contributed by atoms with Crippen LogP contribution in [0.25, 0.3) is 0 Å². The van der Waals surface area contributed by atoms with Gasteiger partial charge in [0.1, 0.15) is 11.6 Å². The predicted octanol–water partition coefficient (Wildman–Crippen LogP) is 1.67. The third kappa shape index (κ3) is 2.82. The van der Waals surface area contributed by atoms with Gasteiger partial charge in [-0.25, -0.2) is 0 Å². The van der Waals surface area contributed by atoms with Crippen LogP contribution in [-0.4, -0.2) is 20.8 Å². The minimum atomic E-state index is 0.298. The Balaban J connectivity index is 1.96. The highest BCUT2D eigenvalue weighted by atomic mass is 15.3. The molecular formula is C12H22N4. The fourth-order valence-corrected chi connectivity index (χ4v) is 2.31. The first kappa shape index (κ1) is 11.6. The first-order chi connectivity index (χ1) is 7.77. The van der Waals surface area contributed by atoms with Gasteiger partial charge in [-0.15, -0.1) is 10.2 Å². The van der Waals surface area contributed by atoms with E-state index in [-0.39, 0.29) is 0 Å². The minimum absolute atomic E-state index is 0.298. The molecule has 1 aliphatic heterocycles. The number of aryl methyl sites for hydroxylation is 2. The molecule has 4 nitrogen and oxygen atoms in total. The number of nitrogens with two attached hydrogens (primary N) is 1. The van der Waals surface area contributed by atoms with E-state index in [0.29, 0.717) is 6.04 Å². The molecule has 0 fully saturated rings. The minimum Gasteiger partial charge on any atom is -0.328 e. The first-order valence-electron chi connectivity index (χ1n) is 6.44. The van der Waals surface area contributed by atoms with Gasteiger partial charge in [-0.2, -0.15) is 0 Å². The molecule has 0 saturated heterocycles. The number of hydrogen-bond acceptors (Lipinski definition) is 3. The number of rotatable bonds is 4. The lowest BCUT2D eigenvalue weighted by Crippen LogP contribution is -2.15. The number of nitrogens with zero attached hydrogens (tertiary/aromatic N) is 3. The van der Waals surface area contributed by atoms with Crippen LogP contribution in [0, 0.1) is 0 Å². The van der Waals surface area contributed by atoms with Gasteiger partial charge >= 0.3 is 0 Å². The van der Waals surface area contributed by atoms with Gasteiger partial charge < -0.3 is 10.3 Å². The lowest BCUT2D eigenvalue weighted by molar-refractivity contribution is 0.570. The van der Waals surface area contributed by atoms with Crippen molar-refractivity contribution >= 4 is 0 Å². The summed E-state index contributed by atoms with van der Waals surface area (Å²) in [5, 5.41) is 8.60. The standard InChI is InChI=1S/C12H22N4/c1-10(13)6-5-8-12-15-14-11-7-3-2-4-9-16(11)12/h10H,2-9,13H2,1H3. The van der Waals surface area contributed by atoms with Gasteiger partial charge in [0.25, 0.3) is 0 Å². The molecule has 1 aliphatic rings. The molecule has 0 spiro atoms. The summed E-state index contributed by atoms with van der Waals surface area (Å²) < 4.78 is 2.33. The van der Waals surface area contributed by atoms with Crippen LogP contribution in [0.2, 0.25) is 0 Å². The Morgan fingerprint density at radius 2 is 2.19 bits per heavy atom. The topological polar surface area (TPSA) is 56.7 Å². The fraction of sp³-hybridized carbons (Fsp3) is 0.833. The molecule has 90 valence electrons. The van der Waals surface area contributed by atoms with Crippen LogP contribution in [0.5, 0.6) is 0 Å². The summed E-state index contributed by atoms with van der Waals surface area (Å²) in [6, 6.07) is 0.298. The smallest absolute Gasteiger partial charge is 0.132 e. The molecule has 0 radical (unpaired) electrons. The van der Waals surface area contributed by atoms with Crippen LogP contribution in [0.1, 0.15) is 50.7 Å². The molecular weight excluding hydrogens is 200 g/mol. The van der Waals surface area contributed by atoms with Gasteiger partial charge in [0, 0.05) is 25.4 Å². The number of fused-ring (bicyclic) bond motifs is 1. The average Bonchev–Trinajstić information content (AvgIpc) is 2.49. The van der Waals surface area contributed by atoms with Crippen molar-refractivity contribution in [2.45, 2.75) is 64.5 Å². The molecule has 0 aliphatic carbocycles. The quantitative estimate of drug-likeness (QED) is 0.843. The average molecular weight is 222 g/mol. The molecule has 1 aromatic heterocycles. The third-order valence-electron chi connectivity index (χ3n) is 3.25. The molecule has 1 atom stereocenters. The SMILES string of the molecule is CC(N)CCCc1nnc2n1CCCCC2. The van der Waals surface area contributed by atoms with E-state index in [1.807, 2.05) is 0 Å². The van der Waals surface area contributed by atoms with E-state index < -0.39 is 0 Å². The summed E-state index contributed by atoms with van der Waals surface area (Å²) in [6.07, 6.45) is 8.17. The highest BCUT2D eigenvalue weighted by molar-refractivity contribution is 4.98. The second-order valence-electron chi connectivity index (χ2n) is 4.86. The van der Waals surface area contributed by atoms with E-state index in [0.717, 1.165) is 38.1 Å². The zero-order valence-corrected chi connectivity index (χ0v) is 10.2. The van der Waals surface area contributed by atoms with Crippen LogP contribution >= 0.6 is 0 Å². The van der Waals surface area contributed by atoms with E-state index in [1.54, 1.807) is 0 Å². The second-order valence-corrected chi connectivity index (χ2v) is 4.86. The molecule has 2 rings (SSSR count). The van der Waals surface area contributed by atoms with E-state index >= 15 is 0 Å². The Labute approximate surface area is 97.2 Å². The van der Waals surface area contributed by atoms with Gasteiger partial charge in [-0.1, -0.05) is 6.42 Å². The fourth-order valence-electron chi connectivity index (χ4n) is 2.31. The van der Waals surface area contributed by atoms with E-state index in [4.69, 9.17) is 5.73 Å². The van der Waals surface area contributed by atoms with Crippen molar-refractivity contribution in [3.05, 3.63) is 11.6 Å². The van der Waals surface area contributed by atoms with Gasteiger partial charge in [0.05, 0.1) is 0 Å². The summed E-state index contributed by atoms with van der Waals surface area (Å²) >= 11 is 0. The maximum absolute atomic E-state index is 5.75. The molecule has 16 heavy (non-hydrogen) atoms. The van der Waals surface area contributed by atoms with E-state index in [2.05, 4.69) is 21.7 Å². The number of aromatic nitrogens is 3. The lowest BCUT2D eigenvalue weighted by atomic mass is 10.1. The maximum Gasteiger partial charge on any atom is 0.132 e. The molecule has 4 heteroatoms. The Morgan fingerprint density at radius 3 is 3.00 bits per heavy atom. The lowest BCUT2D eigenvalue weighted by Gasteiger charge is -2.07.